The van der Waals surface area contributed by atoms with Crippen molar-refractivity contribution in [1.29, 1.82) is 0 Å². The quantitative estimate of drug-likeness (QED) is 0.816. The van der Waals surface area contributed by atoms with E-state index in [0.717, 1.165) is 11.3 Å². The third kappa shape index (κ3) is 4.06. The molecular weight excluding hydrogens is 264 g/mol. The van der Waals surface area contributed by atoms with Crippen LogP contribution in [-0.2, 0) is 10.0 Å². The molecule has 0 aliphatic heterocycles. The molecule has 1 unspecified atom stereocenters. The molecule has 1 heterocycles. The molecule has 6 nitrogen and oxygen atoms in total. The van der Waals surface area contributed by atoms with Crippen molar-refractivity contribution >= 4 is 27.3 Å². The van der Waals surface area contributed by atoms with Gasteiger partial charge >= 0.3 is 5.97 Å². The molecule has 8 heteroatoms. The first-order valence-electron chi connectivity index (χ1n) is 5.04. The van der Waals surface area contributed by atoms with E-state index in [1.54, 1.807) is 13.8 Å². The molecule has 0 saturated carbocycles. The van der Waals surface area contributed by atoms with Crippen LogP contribution in [0.15, 0.2) is 5.38 Å². The number of hydrogen-bond acceptors (Lipinski definition) is 5. The lowest BCUT2D eigenvalue weighted by Crippen LogP contribution is -2.28. The van der Waals surface area contributed by atoms with Gasteiger partial charge in [0.15, 0.2) is 5.69 Å². The van der Waals surface area contributed by atoms with Crippen molar-refractivity contribution in [3.63, 3.8) is 0 Å². The minimum Gasteiger partial charge on any atom is -0.476 e. The second kappa shape index (κ2) is 5.56. The van der Waals surface area contributed by atoms with Gasteiger partial charge in [-0.15, -0.1) is 11.3 Å². The van der Waals surface area contributed by atoms with Crippen LogP contribution < -0.4 is 4.72 Å². The summed E-state index contributed by atoms with van der Waals surface area (Å²) in [6.45, 7) is 3.41. The van der Waals surface area contributed by atoms with E-state index < -0.39 is 22.0 Å². The average Bonchev–Trinajstić information content (AvgIpc) is 2.64. The fourth-order valence-electron chi connectivity index (χ4n) is 1.23. The van der Waals surface area contributed by atoms with Crippen LogP contribution in [0, 0.1) is 0 Å². The number of thiazole rings is 1. The minimum atomic E-state index is -3.32. The number of aromatic nitrogens is 1. The van der Waals surface area contributed by atoms with E-state index in [4.69, 9.17) is 5.11 Å². The second-order valence-corrected chi connectivity index (χ2v) is 6.30. The summed E-state index contributed by atoms with van der Waals surface area (Å²) < 4.78 is 25.5. The van der Waals surface area contributed by atoms with E-state index in [1.807, 2.05) is 0 Å². The van der Waals surface area contributed by atoms with Gasteiger partial charge in [-0.3, -0.25) is 0 Å². The Morgan fingerprint density at radius 3 is 2.76 bits per heavy atom. The summed E-state index contributed by atoms with van der Waals surface area (Å²) in [4.78, 5) is 14.5. The number of carbonyl (C=O) groups is 1. The fraction of sp³-hybridized carbons (Fsp3) is 0.556. The molecule has 1 aromatic rings. The van der Waals surface area contributed by atoms with Gasteiger partial charge < -0.3 is 5.11 Å². The number of aromatic carboxylic acids is 1. The maximum absolute atomic E-state index is 11.5. The number of hydrogen-bond donors (Lipinski definition) is 2. The number of rotatable bonds is 6. The molecular formula is C9H14N2O4S2. The van der Waals surface area contributed by atoms with E-state index in [9.17, 15) is 13.2 Å². The summed E-state index contributed by atoms with van der Waals surface area (Å²) in [5, 5.41) is 10.5. The Morgan fingerprint density at radius 1 is 1.65 bits per heavy atom. The maximum Gasteiger partial charge on any atom is 0.355 e. The molecule has 0 saturated heterocycles. The number of carboxylic acid groups (broad SMARTS) is 1. The van der Waals surface area contributed by atoms with Crippen molar-refractivity contribution < 1.29 is 18.3 Å². The molecule has 0 bridgehead atoms. The van der Waals surface area contributed by atoms with Crippen LogP contribution in [0.1, 0.15) is 41.8 Å². The van der Waals surface area contributed by atoms with E-state index in [1.165, 1.54) is 5.38 Å². The van der Waals surface area contributed by atoms with Crippen LogP contribution in [0.3, 0.4) is 0 Å². The van der Waals surface area contributed by atoms with Crippen LogP contribution in [0.25, 0.3) is 0 Å². The van der Waals surface area contributed by atoms with Crippen molar-refractivity contribution in [2.45, 2.75) is 26.3 Å². The highest BCUT2D eigenvalue weighted by Gasteiger charge is 2.18. The number of sulfonamides is 1. The summed E-state index contributed by atoms with van der Waals surface area (Å²) in [6.07, 6.45) is 0.528. The zero-order chi connectivity index (χ0) is 13.1. The molecule has 0 aromatic carbocycles. The highest BCUT2D eigenvalue weighted by Crippen LogP contribution is 2.18. The van der Waals surface area contributed by atoms with Crippen molar-refractivity contribution in [3.05, 3.63) is 16.1 Å². The smallest absolute Gasteiger partial charge is 0.355 e. The van der Waals surface area contributed by atoms with Crippen molar-refractivity contribution in [2.24, 2.45) is 0 Å². The lowest BCUT2D eigenvalue weighted by Gasteiger charge is -2.10. The van der Waals surface area contributed by atoms with E-state index in [2.05, 4.69) is 9.71 Å². The molecule has 1 atom stereocenters. The Labute approximate surface area is 104 Å². The molecule has 2 N–H and O–H groups in total. The first-order chi connectivity index (χ1) is 7.85. The standard InChI is InChI=1S/C9H14N2O4S2/c1-3-4-17(14,15)11-6(2)8-10-7(5-16-8)9(12)13/h5-6,11H,3-4H2,1-2H3,(H,12,13). The zero-order valence-electron chi connectivity index (χ0n) is 9.50. The van der Waals surface area contributed by atoms with Gasteiger partial charge in [0.2, 0.25) is 10.0 Å². The van der Waals surface area contributed by atoms with Crippen LogP contribution in [0.2, 0.25) is 0 Å². The molecule has 0 spiro atoms. The number of nitrogens with zero attached hydrogens (tertiary/aromatic N) is 1. The van der Waals surface area contributed by atoms with Gasteiger partial charge in [0.25, 0.3) is 0 Å². The molecule has 1 rings (SSSR count). The molecule has 1 aromatic heterocycles. The first-order valence-corrected chi connectivity index (χ1v) is 7.57. The maximum atomic E-state index is 11.5. The Hall–Kier alpha value is -0.990. The summed E-state index contributed by atoms with van der Waals surface area (Å²) in [5.41, 5.74) is -0.0634. The Kier molecular flexibility index (Phi) is 4.61. The largest absolute Gasteiger partial charge is 0.476 e. The Bertz CT molecular complexity index is 495. The van der Waals surface area contributed by atoms with Crippen molar-refractivity contribution in [2.75, 3.05) is 5.75 Å². The molecule has 0 amide bonds. The summed E-state index contributed by atoms with van der Waals surface area (Å²) in [6, 6.07) is -0.510. The predicted molar refractivity (Wildman–Crippen MR) is 64.7 cm³/mol. The summed E-state index contributed by atoms with van der Waals surface area (Å²) >= 11 is 1.13. The third-order valence-corrected chi connectivity index (χ3v) is 4.63. The van der Waals surface area contributed by atoms with Gasteiger partial charge in [0.05, 0.1) is 11.8 Å². The van der Waals surface area contributed by atoms with Crippen LogP contribution >= 0.6 is 11.3 Å². The van der Waals surface area contributed by atoms with Gasteiger partial charge in [-0.05, 0) is 13.3 Å². The lowest BCUT2D eigenvalue weighted by molar-refractivity contribution is 0.0691. The Morgan fingerprint density at radius 2 is 2.29 bits per heavy atom. The van der Waals surface area contributed by atoms with Gasteiger partial charge in [0, 0.05) is 5.38 Å². The van der Waals surface area contributed by atoms with Gasteiger partial charge in [-0.2, -0.15) is 0 Å². The van der Waals surface area contributed by atoms with Gasteiger partial charge in [-0.1, -0.05) is 6.92 Å². The molecule has 96 valence electrons. The highest BCUT2D eigenvalue weighted by atomic mass is 32.2. The molecule has 0 fully saturated rings. The molecule has 0 aliphatic carbocycles. The van der Waals surface area contributed by atoms with Gasteiger partial charge in [-0.25, -0.2) is 22.9 Å². The zero-order valence-corrected chi connectivity index (χ0v) is 11.1. The number of nitrogens with one attached hydrogen (secondary N) is 1. The van der Waals surface area contributed by atoms with Crippen LogP contribution in [-0.4, -0.2) is 30.2 Å². The minimum absolute atomic E-state index is 0.0501. The van der Waals surface area contributed by atoms with Crippen LogP contribution in [0.5, 0.6) is 0 Å². The monoisotopic (exact) mass is 278 g/mol. The highest BCUT2D eigenvalue weighted by molar-refractivity contribution is 7.89. The third-order valence-electron chi connectivity index (χ3n) is 1.94. The molecule has 0 aliphatic rings. The normalized spacial score (nSPS) is 13.5. The second-order valence-electron chi connectivity index (χ2n) is 3.53. The average molecular weight is 278 g/mol. The lowest BCUT2D eigenvalue weighted by atomic mass is 10.4. The molecule has 17 heavy (non-hydrogen) atoms. The fourth-order valence-corrected chi connectivity index (χ4v) is 3.41. The SMILES string of the molecule is CCCS(=O)(=O)NC(C)c1nc(C(=O)O)cs1. The molecule has 0 radical (unpaired) electrons. The van der Waals surface area contributed by atoms with E-state index in [0.29, 0.717) is 11.4 Å². The summed E-state index contributed by atoms with van der Waals surface area (Å²) in [7, 11) is -3.32. The van der Waals surface area contributed by atoms with Crippen LogP contribution in [0.4, 0.5) is 0 Å². The Balaban J connectivity index is 2.76. The van der Waals surface area contributed by atoms with Crippen molar-refractivity contribution in [1.82, 2.24) is 9.71 Å². The predicted octanol–water partition coefficient (Wildman–Crippen LogP) is 1.23. The van der Waals surface area contributed by atoms with Crippen molar-refractivity contribution in [3.8, 4) is 0 Å². The number of carboxylic acids is 1. The van der Waals surface area contributed by atoms with E-state index >= 15 is 0 Å². The topological polar surface area (TPSA) is 96.4 Å². The summed E-state index contributed by atoms with van der Waals surface area (Å²) in [5.74, 6) is -1.06. The first kappa shape index (κ1) is 14.1. The van der Waals surface area contributed by atoms with E-state index in [-0.39, 0.29) is 11.4 Å². The van der Waals surface area contributed by atoms with Gasteiger partial charge in [0.1, 0.15) is 5.01 Å².